The average molecular weight is 309 g/mol. The first-order chi connectivity index (χ1) is 9.71. The van der Waals surface area contributed by atoms with Crippen LogP contribution in [0.25, 0.3) is 0 Å². The number of hydrogen-bond donors (Lipinski definition) is 0. The lowest BCUT2D eigenvalue weighted by molar-refractivity contribution is -0.126. The Bertz CT molecular complexity index is 417. The monoisotopic (exact) mass is 308 g/mol. The van der Waals surface area contributed by atoms with E-state index in [9.17, 15) is 4.79 Å². The van der Waals surface area contributed by atoms with E-state index in [0.29, 0.717) is 11.7 Å². The van der Waals surface area contributed by atoms with Gasteiger partial charge in [0.1, 0.15) is 5.78 Å². The minimum absolute atomic E-state index is 0.238. The number of rotatable bonds is 3. The van der Waals surface area contributed by atoms with Crippen molar-refractivity contribution < 1.29 is 9.22 Å². The van der Waals surface area contributed by atoms with E-state index in [1.54, 1.807) is 0 Å². The van der Waals surface area contributed by atoms with Crippen molar-refractivity contribution in [1.29, 1.82) is 0 Å². The Kier molecular flexibility index (Phi) is 5.02. The Morgan fingerprint density at radius 3 is 2.43 bits per heavy atom. The van der Waals surface area contributed by atoms with Crippen molar-refractivity contribution in [2.24, 2.45) is 11.8 Å². The predicted molar refractivity (Wildman–Crippen MR) is 90.7 cm³/mol. The zero-order chi connectivity index (χ0) is 15.7. The topological polar surface area (TPSA) is 26.3 Å². The van der Waals surface area contributed by atoms with Crippen LogP contribution in [-0.2, 0) is 9.22 Å². The molecule has 0 heterocycles. The van der Waals surface area contributed by atoms with Gasteiger partial charge >= 0.3 is 0 Å². The molecule has 1 saturated carbocycles. The van der Waals surface area contributed by atoms with Gasteiger partial charge in [-0.3, -0.25) is 4.79 Å². The molecule has 2 atom stereocenters. The Morgan fingerprint density at radius 1 is 1.10 bits per heavy atom. The van der Waals surface area contributed by atoms with Crippen LogP contribution < -0.4 is 0 Å². The molecule has 21 heavy (non-hydrogen) atoms. The van der Waals surface area contributed by atoms with Crippen molar-refractivity contribution in [1.82, 2.24) is 0 Å². The molecule has 0 aromatic heterocycles. The third kappa shape index (κ3) is 4.00. The van der Waals surface area contributed by atoms with Gasteiger partial charge in [-0.1, -0.05) is 27.2 Å². The maximum Gasteiger partial charge on any atom is 0.250 e. The van der Waals surface area contributed by atoms with Crippen molar-refractivity contribution in [3.8, 4) is 0 Å². The maximum absolute atomic E-state index is 12.2. The molecule has 2 nitrogen and oxygen atoms in total. The van der Waals surface area contributed by atoms with Gasteiger partial charge in [0.2, 0.25) is 8.32 Å². The number of allylic oxidation sites excluding steroid dienone is 2. The summed E-state index contributed by atoms with van der Waals surface area (Å²) in [4.78, 5) is 12.2. The van der Waals surface area contributed by atoms with Crippen molar-refractivity contribution in [2.45, 2.75) is 83.8 Å². The first-order valence-corrected chi connectivity index (χ1v) is 11.5. The van der Waals surface area contributed by atoms with E-state index in [1.807, 2.05) is 0 Å². The lowest BCUT2D eigenvalue weighted by atomic mass is 9.75. The molecule has 0 spiro atoms. The fraction of sp³-hybridized carbons (Fsp3) is 0.833. The summed E-state index contributed by atoms with van der Waals surface area (Å²) in [5.41, 5.74) is 0. The van der Waals surface area contributed by atoms with E-state index in [-0.39, 0.29) is 11.0 Å². The van der Waals surface area contributed by atoms with Crippen molar-refractivity contribution in [3.05, 3.63) is 11.8 Å². The molecule has 0 radical (unpaired) electrons. The number of carbonyl (C=O) groups excluding carboxylic acids is 1. The Labute approximate surface area is 131 Å². The Balaban J connectivity index is 2.08. The molecule has 2 unspecified atom stereocenters. The van der Waals surface area contributed by atoms with Gasteiger partial charge < -0.3 is 4.43 Å². The third-order valence-corrected chi connectivity index (χ3v) is 10.1. The number of ketones is 1. The van der Waals surface area contributed by atoms with E-state index in [1.165, 1.54) is 25.0 Å². The van der Waals surface area contributed by atoms with Crippen molar-refractivity contribution in [2.75, 3.05) is 0 Å². The van der Waals surface area contributed by atoms with Crippen LogP contribution in [0.4, 0.5) is 0 Å². The van der Waals surface area contributed by atoms with E-state index in [2.05, 4.69) is 39.9 Å². The van der Waals surface area contributed by atoms with Gasteiger partial charge in [0.15, 0.2) is 0 Å². The molecular weight excluding hydrogens is 276 g/mol. The second-order valence-corrected chi connectivity index (χ2v) is 13.1. The molecule has 0 bridgehead atoms. The smallest absolute Gasteiger partial charge is 0.250 e. The highest BCUT2D eigenvalue weighted by Crippen LogP contribution is 2.41. The molecular formula is C18H32O2Si. The summed E-state index contributed by atoms with van der Waals surface area (Å²) in [5.74, 6) is 2.38. The van der Waals surface area contributed by atoms with Crippen molar-refractivity contribution in [3.63, 3.8) is 0 Å². The van der Waals surface area contributed by atoms with E-state index in [0.717, 1.165) is 25.7 Å². The molecule has 3 heteroatoms. The van der Waals surface area contributed by atoms with Gasteiger partial charge in [0.25, 0.3) is 0 Å². The molecule has 0 amide bonds. The quantitative estimate of drug-likeness (QED) is 0.648. The molecule has 0 aliphatic heterocycles. The highest BCUT2D eigenvalue weighted by atomic mass is 28.4. The fourth-order valence-corrected chi connectivity index (χ4v) is 4.40. The van der Waals surface area contributed by atoms with Crippen LogP contribution in [0.2, 0.25) is 18.1 Å². The minimum atomic E-state index is -1.74. The van der Waals surface area contributed by atoms with E-state index in [4.69, 9.17) is 4.43 Å². The molecule has 2 aliphatic carbocycles. The number of hydrogen-bond acceptors (Lipinski definition) is 2. The summed E-state index contributed by atoms with van der Waals surface area (Å²) in [6.45, 7) is 11.5. The summed E-state index contributed by atoms with van der Waals surface area (Å²) < 4.78 is 6.49. The summed E-state index contributed by atoms with van der Waals surface area (Å²) in [6, 6.07) is 0. The number of carbonyl (C=O) groups is 1. The van der Waals surface area contributed by atoms with Gasteiger partial charge in [-0.25, -0.2) is 0 Å². The van der Waals surface area contributed by atoms with Crippen molar-refractivity contribution >= 4 is 14.1 Å². The lowest BCUT2D eigenvalue weighted by Gasteiger charge is -2.39. The zero-order valence-corrected chi connectivity index (χ0v) is 15.5. The predicted octanol–water partition coefficient (Wildman–Crippen LogP) is 5.45. The standard InChI is InChI=1S/C18H32O2Si/c1-18(2,3)21(4,5)20-15-10-8-9-14(13-15)16-11-6-7-12-17(16)19/h13-14,16H,6-12H2,1-5H3. The summed E-state index contributed by atoms with van der Waals surface area (Å²) in [7, 11) is -1.74. The van der Waals surface area contributed by atoms with Crippen LogP contribution in [0.5, 0.6) is 0 Å². The lowest BCUT2D eigenvalue weighted by Crippen LogP contribution is -2.41. The fourth-order valence-electron chi connectivity index (χ4n) is 3.26. The molecule has 0 aromatic carbocycles. The van der Waals surface area contributed by atoms with Gasteiger partial charge in [0, 0.05) is 18.8 Å². The molecule has 2 aliphatic rings. The van der Waals surface area contributed by atoms with E-state index >= 15 is 0 Å². The summed E-state index contributed by atoms with van der Waals surface area (Å²) in [5, 5.41) is 0.238. The van der Waals surface area contributed by atoms with Gasteiger partial charge in [-0.05, 0) is 55.8 Å². The Morgan fingerprint density at radius 2 is 1.81 bits per heavy atom. The molecule has 0 aromatic rings. The van der Waals surface area contributed by atoms with Gasteiger partial charge in [-0.2, -0.15) is 0 Å². The second-order valence-electron chi connectivity index (χ2n) is 8.37. The van der Waals surface area contributed by atoms with E-state index < -0.39 is 8.32 Å². The average Bonchev–Trinajstić information content (AvgIpc) is 2.37. The summed E-state index contributed by atoms with van der Waals surface area (Å²) in [6.07, 6.45) is 9.93. The zero-order valence-electron chi connectivity index (χ0n) is 14.5. The van der Waals surface area contributed by atoms with Crippen LogP contribution in [0, 0.1) is 11.8 Å². The van der Waals surface area contributed by atoms with Crippen LogP contribution in [0.3, 0.4) is 0 Å². The molecule has 0 N–H and O–H groups in total. The first kappa shape index (κ1) is 16.8. The highest BCUT2D eigenvalue weighted by molar-refractivity contribution is 6.74. The largest absolute Gasteiger partial charge is 0.547 e. The highest BCUT2D eigenvalue weighted by Gasteiger charge is 2.40. The first-order valence-electron chi connectivity index (χ1n) is 8.63. The molecule has 1 fully saturated rings. The Hall–Kier alpha value is -0.573. The summed E-state index contributed by atoms with van der Waals surface area (Å²) >= 11 is 0. The van der Waals surface area contributed by atoms with Crippen LogP contribution >= 0.6 is 0 Å². The number of Topliss-reactive ketones (excluding diaryl/α,β-unsaturated/α-hetero) is 1. The van der Waals surface area contributed by atoms with Gasteiger partial charge in [0.05, 0.1) is 5.76 Å². The SMILES string of the molecule is CC(C)(C)[Si](C)(C)OC1=CC(C2CCCCC2=O)CCC1. The molecule has 120 valence electrons. The molecule has 2 rings (SSSR count). The third-order valence-electron chi connectivity index (χ3n) is 5.67. The maximum atomic E-state index is 12.2. The second kappa shape index (κ2) is 6.27. The minimum Gasteiger partial charge on any atom is -0.547 e. The van der Waals surface area contributed by atoms with Crippen LogP contribution in [-0.4, -0.2) is 14.1 Å². The van der Waals surface area contributed by atoms with Crippen LogP contribution in [0.1, 0.15) is 65.7 Å². The normalized spacial score (nSPS) is 28.2. The van der Waals surface area contributed by atoms with Gasteiger partial charge in [-0.15, -0.1) is 0 Å². The van der Waals surface area contributed by atoms with Crippen LogP contribution in [0.15, 0.2) is 11.8 Å². The molecule has 0 saturated heterocycles.